The number of hydrogen-bond donors (Lipinski definition) is 0. The van der Waals surface area contributed by atoms with Gasteiger partial charge < -0.3 is 14.3 Å². The molecule has 4 nitrogen and oxygen atoms in total. The van der Waals surface area contributed by atoms with Crippen LogP contribution >= 0.6 is 0 Å². The third-order valence-electron chi connectivity index (χ3n) is 3.56. The van der Waals surface area contributed by atoms with E-state index in [1.54, 1.807) is 14.2 Å². The molecule has 0 radical (unpaired) electrons. The fraction of sp³-hybridized carbons (Fsp3) is 0.235. The van der Waals surface area contributed by atoms with E-state index in [1.807, 2.05) is 36.4 Å². The summed E-state index contributed by atoms with van der Waals surface area (Å²) in [6.07, 6.45) is 0.730. The van der Waals surface area contributed by atoms with E-state index in [9.17, 15) is 0 Å². The fourth-order valence-electron chi connectivity index (χ4n) is 2.41. The first-order valence-electron chi connectivity index (χ1n) is 6.82. The van der Waals surface area contributed by atoms with Gasteiger partial charge >= 0.3 is 0 Å². The monoisotopic (exact) mass is 283 g/mol. The summed E-state index contributed by atoms with van der Waals surface area (Å²) in [5.41, 5.74) is 3.05. The molecule has 0 aromatic heterocycles. The Hall–Kier alpha value is -2.49. The lowest BCUT2D eigenvalue weighted by Gasteiger charge is -2.09. The van der Waals surface area contributed by atoms with E-state index >= 15 is 0 Å². The zero-order valence-corrected chi connectivity index (χ0v) is 12.1. The highest BCUT2D eigenvalue weighted by molar-refractivity contribution is 6.01. The summed E-state index contributed by atoms with van der Waals surface area (Å²) in [6.45, 7) is 0. The molecular formula is C17H17NO3. The molecule has 0 N–H and O–H groups in total. The summed E-state index contributed by atoms with van der Waals surface area (Å²) in [5, 5.41) is 4.21. The number of ether oxygens (including phenoxy) is 2. The normalized spacial score (nSPS) is 17.0. The predicted octanol–water partition coefficient (Wildman–Crippen LogP) is 3.57. The number of benzene rings is 2. The van der Waals surface area contributed by atoms with Gasteiger partial charge in [-0.15, -0.1) is 0 Å². The van der Waals surface area contributed by atoms with Gasteiger partial charge in [0.05, 0.1) is 19.9 Å². The average molecular weight is 283 g/mol. The van der Waals surface area contributed by atoms with Crippen molar-refractivity contribution in [1.29, 1.82) is 0 Å². The topological polar surface area (TPSA) is 40.0 Å². The van der Waals surface area contributed by atoms with E-state index in [0.717, 1.165) is 23.3 Å². The Bertz CT molecular complexity index is 652. The van der Waals surface area contributed by atoms with E-state index < -0.39 is 0 Å². The highest BCUT2D eigenvalue weighted by Gasteiger charge is 2.24. The second kappa shape index (κ2) is 5.87. The molecule has 1 atom stereocenters. The molecular weight excluding hydrogens is 266 g/mol. The lowest BCUT2D eigenvalue weighted by atomic mass is 10.00. The van der Waals surface area contributed by atoms with Gasteiger partial charge in [-0.2, -0.15) is 0 Å². The minimum Gasteiger partial charge on any atom is -0.493 e. The van der Waals surface area contributed by atoms with Crippen LogP contribution in [0.1, 0.15) is 23.7 Å². The van der Waals surface area contributed by atoms with Crippen LogP contribution in [-0.2, 0) is 4.84 Å². The summed E-state index contributed by atoms with van der Waals surface area (Å²) >= 11 is 0. The Morgan fingerprint density at radius 2 is 1.76 bits per heavy atom. The van der Waals surface area contributed by atoms with Crippen molar-refractivity contribution in [3.05, 3.63) is 59.7 Å². The Kier molecular flexibility index (Phi) is 3.77. The smallest absolute Gasteiger partial charge is 0.161 e. The number of methoxy groups -OCH3 is 2. The van der Waals surface area contributed by atoms with E-state index in [0.29, 0.717) is 11.5 Å². The average Bonchev–Trinajstić information content (AvgIpc) is 3.05. The van der Waals surface area contributed by atoms with Gasteiger partial charge in [0.1, 0.15) is 0 Å². The molecule has 3 rings (SSSR count). The van der Waals surface area contributed by atoms with Crippen LogP contribution < -0.4 is 9.47 Å². The summed E-state index contributed by atoms with van der Waals surface area (Å²) in [4.78, 5) is 5.55. The van der Waals surface area contributed by atoms with Crippen molar-refractivity contribution in [2.45, 2.75) is 12.5 Å². The van der Waals surface area contributed by atoms with Crippen molar-refractivity contribution in [2.24, 2.45) is 5.16 Å². The van der Waals surface area contributed by atoms with Crippen LogP contribution in [0.4, 0.5) is 0 Å². The molecule has 1 aliphatic rings. The number of rotatable bonds is 4. The van der Waals surface area contributed by atoms with Crippen molar-refractivity contribution in [3.63, 3.8) is 0 Å². The Labute approximate surface area is 123 Å². The minimum absolute atomic E-state index is 0.0192. The van der Waals surface area contributed by atoms with Gasteiger partial charge in [-0.05, 0) is 23.8 Å². The first-order chi connectivity index (χ1) is 10.3. The number of oxime groups is 1. The van der Waals surface area contributed by atoms with Crippen LogP contribution in [0, 0.1) is 0 Å². The molecule has 0 bridgehead atoms. The first kappa shape index (κ1) is 13.5. The highest BCUT2D eigenvalue weighted by atomic mass is 16.6. The highest BCUT2D eigenvalue weighted by Crippen LogP contribution is 2.33. The SMILES string of the molecule is COc1ccc(C2=NOC(c3ccccc3)C2)cc1OC. The molecule has 2 aromatic rings. The van der Waals surface area contributed by atoms with Crippen molar-refractivity contribution in [2.75, 3.05) is 14.2 Å². The van der Waals surface area contributed by atoms with Gasteiger partial charge in [-0.3, -0.25) is 0 Å². The van der Waals surface area contributed by atoms with Crippen LogP contribution in [0.5, 0.6) is 11.5 Å². The van der Waals surface area contributed by atoms with Crippen molar-refractivity contribution >= 4 is 5.71 Å². The maximum atomic E-state index is 5.55. The standard InChI is InChI=1S/C17H17NO3/c1-19-15-9-8-13(10-17(15)20-2)14-11-16(21-18-14)12-6-4-3-5-7-12/h3-10,16H,11H2,1-2H3. The Morgan fingerprint density at radius 3 is 2.48 bits per heavy atom. The van der Waals surface area contributed by atoms with E-state index in [4.69, 9.17) is 14.3 Å². The van der Waals surface area contributed by atoms with Gasteiger partial charge in [-0.1, -0.05) is 35.5 Å². The zero-order chi connectivity index (χ0) is 14.7. The third-order valence-corrected chi connectivity index (χ3v) is 3.56. The quantitative estimate of drug-likeness (QED) is 0.861. The lowest BCUT2D eigenvalue weighted by Crippen LogP contribution is -2.02. The summed E-state index contributed by atoms with van der Waals surface area (Å²) in [6, 6.07) is 15.9. The third kappa shape index (κ3) is 2.70. The van der Waals surface area contributed by atoms with Crippen molar-refractivity contribution in [3.8, 4) is 11.5 Å². The largest absolute Gasteiger partial charge is 0.493 e. The van der Waals surface area contributed by atoms with Crippen LogP contribution in [-0.4, -0.2) is 19.9 Å². The second-order valence-electron chi connectivity index (χ2n) is 4.82. The maximum Gasteiger partial charge on any atom is 0.161 e. The maximum absolute atomic E-state index is 5.55. The van der Waals surface area contributed by atoms with Crippen LogP contribution in [0.25, 0.3) is 0 Å². The zero-order valence-electron chi connectivity index (χ0n) is 12.1. The molecule has 1 heterocycles. The number of nitrogens with zero attached hydrogens (tertiary/aromatic N) is 1. The summed E-state index contributed by atoms with van der Waals surface area (Å²) in [5.74, 6) is 1.40. The van der Waals surface area contributed by atoms with E-state index in [2.05, 4.69) is 17.3 Å². The van der Waals surface area contributed by atoms with Crippen LogP contribution in [0.15, 0.2) is 53.7 Å². The molecule has 4 heteroatoms. The number of hydrogen-bond acceptors (Lipinski definition) is 4. The van der Waals surface area contributed by atoms with Gasteiger partial charge in [0.2, 0.25) is 0 Å². The minimum atomic E-state index is -0.0192. The molecule has 1 aliphatic heterocycles. The molecule has 0 spiro atoms. The van der Waals surface area contributed by atoms with E-state index in [1.165, 1.54) is 0 Å². The summed E-state index contributed by atoms with van der Waals surface area (Å²) in [7, 11) is 3.25. The van der Waals surface area contributed by atoms with Crippen molar-refractivity contribution in [1.82, 2.24) is 0 Å². The Balaban J connectivity index is 1.80. The molecule has 21 heavy (non-hydrogen) atoms. The fourth-order valence-corrected chi connectivity index (χ4v) is 2.41. The molecule has 0 saturated carbocycles. The van der Waals surface area contributed by atoms with Crippen LogP contribution in [0.3, 0.4) is 0 Å². The first-order valence-corrected chi connectivity index (χ1v) is 6.82. The molecule has 1 unspecified atom stereocenters. The second-order valence-corrected chi connectivity index (χ2v) is 4.82. The van der Waals surface area contributed by atoms with Crippen molar-refractivity contribution < 1.29 is 14.3 Å². The lowest BCUT2D eigenvalue weighted by molar-refractivity contribution is 0.0857. The molecule has 0 fully saturated rings. The van der Waals surface area contributed by atoms with E-state index in [-0.39, 0.29) is 6.10 Å². The van der Waals surface area contributed by atoms with Gasteiger partial charge in [0, 0.05) is 12.0 Å². The molecule has 0 aliphatic carbocycles. The molecule has 108 valence electrons. The molecule has 2 aromatic carbocycles. The van der Waals surface area contributed by atoms with Gasteiger partial charge in [0.15, 0.2) is 17.6 Å². The summed E-state index contributed by atoms with van der Waals surface area (Å²) < 4.78 is 10.6. The predicted molar refractivity (Wildman–Crippen MR) is 81.0 cm³/mol. The van der Waals surface area contributed by atoms with Gasteiger partial charge in [-0.25, -0.2) is 0 Å². The van der Waals surface area contributed by atoms with Gasteiger partial charge in [0.25, 0.3) is 0 Å². The van der Waals surface area contributed by atoms with Crippen LogP contribution in [0.2, 0.25) is 0 Å². The molecule has 0 saturated heterocycles. The Morgan fingerprint density at radius 1 is 1.00 bits per heavy atom. The molecule has 0 amide bonds.